The maximum atomic E-state index is 2.52. The molecule has 6 heteroatoms. The van der Waals surface area contributed by atoms with Crippen LogP contribution < -0.4 is 0 Å². The van der Waals surface area contributed by atoms with Crippen LogP contribution in [-0.2, 0) is 0 Å². The molecule has 0 saturated heterocycles. The van der Waals surface area contributed by atoms with Crippen molar-refractivity contribution in [3.63, 3.8) is 0 Å². The molecule has 86 heavy (non-hydrogen) atoms. The van der Waals surface area contributed by atoms with Gasteiger partial charge in [0.25, 0.3) is 0 Å². The van der Waals surface area contributed by atoms with Crippen molar-refractivity contribution < 1.29 is 0 Å². The molecule has 0 aliphatic rings. The van der Waals surface area contributed by atoms with Crippen molar-refractivity contribution in [1.82, 2.24) is 18.3 Å². The molecule has 20 rings (SSSR count). The van der Waals surface area contributed by atoms with Gasteiger partial charge in [-0.3, -0.25) is 0 Å². The maximum absolute atomic E-state index is 2.52. The van der Waals surface area contributed by atoms with Crippen LogP contribution in [0.3, 0.4) is 0 Å². The fourth-order valence-corrected chi connectivity index (χ4v) is 17.1. The molecular formula is C80H48N4S2. The topological polar surface area (TPSA) is 19.7 Å². The number of benzene rings is 14. The molecule has 4 nitrogen and oxygen atoms in total. The quantitative estimate of drug-likeness (QED) is 0.167. The van der Waals surface area contributed by atoms with Crippen molar-refractivity contribution in [2.75, 3.05) is 0 Å². The minimum absolute atomic E-state index is 1.18. The molecule has 0 amide bonds. The van der Waals surface area contributed by atoms with Crippen molar-refractivity contribution in [2.24, 2.45) is 0 Å². The highest BCUT2D eigenvalue weighted by Gasteiger charge is 2.24. The van der Waals surface area contributed by atoms with Gasteiger partial charge in [-0.1, -0.05) is 194 Å². The van der Waals surface area contributed by atoms with Crippen molar-refractivity contribution in [1.29, 1.82) is 0 Å². The summed E-state index contributed by atoms with van der Waals surface area (Å²) in [6.07, 6.45) is 0. The van der Waals surface area contributed by atoms with Crippen molar-refractivity contribution in [2.45, 2.75) is 0 Å². The number of rotatable bonds is 4. The first-order valence-corrected chi connectivity index (χ1v) is 31.0. The molecule has 0 fully saturated rings. The number of thiophene rings is 2. The Morgan fingerprint density at radius 1 is 0.198 bits per heavy atom. The average Bonchev–Trinajstić information content (AvgIpc) is 1.96. The Hall–Kier alpha value is -10.8. The second-order valence-corrected chi connectivity index (χ2v) is 24.8. The molecule has 0 atom stereocenters. The zero-order valence-electron chi connectivity index (χ0n) is 46.3. The average molecular weight is 1130 g/mol. The Balaban J connectivity index is 0.000000126. The summed E-state index contributed by atoms with van der Waals surface area (Å²) in [6, 6.07) is 107. The van der Waals surface area contributed by atoms with Gasteiger partial charge < -0.3 is 18.3 Å². The van der Waals surface area contributed by atoms with Gasteiger partial charge in [-0.15, -0.1) is 22.7 Å². The molecule has 0 aliphatic heterocycles. The number of nitrogens with zero attached hydrogens (tertiary/aromatic N) is 4. The zero-order chi connectivity index (χ0) is 56.1. The van der Waals surface area contributed by atoms with E-state index in [-0.39, 0.29) is 0 Å². The van der Waals surface area contributed by atoms with Gasteiger partial charge in [-0.2, -0.15) is 0 Å². The minimum Gasteiger partial charge on any atom is -0.309 e. The van der Waals surface area contributed by atoms with E-state index in [1.807, 2.05) is 22.7 Å². The van der Waals surface area contributed by atoms with Crippen LogP contribution in [0.2, 0.25) is 0 Å². The summed E-state index contributed by atoms with van der Waals surface area (Å²) in [7, 11) is 0. The summed E-state index contributed by atoms with van der Waals surface area (Å²) in [6.45, 7) is 0. The highest BCUT2D eigenvalue weighted by molar-refractivity contribution is 7.27. The minimum atomic E-state index is 1.18. The molecule has 14 aromatic carbocycles. The monoisotopic (exact) mass is 1130 g/mol. The summed E-state index contributed by atoms with van der Waals surface area (Å²) >= 11 is 3.82. The van der Waals surface area contributed by atoms with Gasteiger partial charge in [-0.05, 0) is 113 Å². The summed E-state index contributed by atoms with van der Waals surface area (Å²) in [5.74, 6) is 0. The lowest BCUT2D eigenvalue weighted by Gasteiger charge is -2.12. The fraction of sp³-hybridized carbons (Fsp3) is 0. The Labute approximate surface area is 500 Å². The second kappa shape index (κ2) is 18.4. The van der Waals surface area contributed by atoms with Crippen LogP contribution in [0.1, 0.15) is 0 Å². The lowest BCUT2D eigenvalue weighted by Crippen LogP contribution is -1.96. The number of para-hydroxylation sites is 5. The molecule has 6 heterocycles. The summed E-state index contributed by atoms with van der Waals surface area (Å²) in [5, 5.41) is 20.8. The molecule has 20 aromatic rings. The predicted octanol–water partition coefficient (Wildman–Crippen LogP) is 22.8. The van der Waals surface area contributed by atoms with Crippen LogP contribution in [0.15, 0.2) is 291 Å². The third-order valence-electron chi connectivity index (χ3n) is 18.2. The highest BCUT2D eigenvalue weighted by Crippen LogP contribution is 2.50. The van der Waals surface area contributed by atoms with E-state index >= 15 is 0 Å². The van der Waals surface area contributed by atoms with Gasteiger partial charge in [0.05, 0.1) is 48.8 Å². The van der Waals surface area contributed by atoms with Crippen molar-refractivity contribution in [3.05, 3.63) is 291 Å². The van der Waals surface area contributed by atoms with E-state index in [1.165, 1.54) is 172 Å². The smallest absolute Gasteiger partial charge is 0.0719 e. The summed E-state index contributed by atoms with van der Waals surface area (Å²) in [4.78, 5) is 0. The Bertz CT molecular complexity index is 6210. The first-order valence-electron chi connectivity index (χ1n) is 29.4. The summed E-state index contributed by atoms with van der Waals surface area (Å²) < 4.78 is 15.2. The van der Waals surface area contributed by atoms with E-state index in [0.717, 1.165) is 0 Å². The van der Waals surface area contributed by atoms with Gasteiger partial charge in [-0.25, -0.2) is 0 Å². The lowest BCUT2D eigenvalue weighted by molar-refractivity contribution is 1.17. The lowest BCUT2D eigenvalue weighted by atomic mass is 10.00. The van der Waals surface area contributed by atoms with Crippen LogP contribution in [0, 0.1) is 0 Å². The zero-order valence-corrected chi connectivity index (χ0v) is 48.0. The van der Waals surface area contributed by atoms with Crippen LogP contribution in [0.4, 0.5) is 0 Å². The van der Waals surface area contributed by atoms with Crippen molar-refractivity contribution >= 4 is 172 Å². The normalized spacial score (nSPS) is 12.2. The Kier molecular flexibility index (Phi) is 10.2. The molecule has 0 saturated carbocycles. The van der Waals surface area contributed by atoms with Crippen LogP contribution in [0.5, 0.6) is 0 Å². The number of aromatic nitrogens is 4. The molecule has 0 aliphatic carbocycles. The van der Waals surface area contributed by atoms with Gasteiger partial charge >= 0.3 is 0 Å². The fourth-order valence-electron chi connectivity index (χ4n) is 14.6. The van der Waals surface area contributed by atoms with E-state index in [9.17, 15) is 0 Å². The number of fused-ring (bicyclic) bond motifs is 25. The van der Waals surface area contributed by atoms with Crippen molar-refractivity contribution in [3.8, 4) is 22.7 Å². The van der Waals surface area contributed by atoms with Gasteiger partial charge in [0.2, 0.25) is 0 Å². The van der Waals surface area contributed by atoms with E-state index in [0.29, 0.717) is 0 Å². The third kappa shape index (κ3) is 6.73. The third-order valence-corrected chi connectivity index (χ3v) is 20.5. The van der Waals surface area contributed by atoms with E-state index in [2.05, 4.69) is 309 Å². The van der Waals surface area contributed by atoms with Gasteiger partial charge in [0.1, 0.15) is 0 Å². The Morgan fingerprint density at radius 3 is 1.28 bits per heavy atom. The number of hydrogen-bond acceptors (Lipinski definition) is 2. The van der Waals surface area contributed by atoms with Crippen LogP contribution in [-0.4, -0.2) is 18.3 Å². The molecule has 0 spiro atoms. The van der Waals surface area contributed by atoms with Gasteiger partial charge in [0.15, 0.2) is 0 Å². The molecular weight excluding hydrogens is 1080 g/mol. The highest BCUT2D eigenvalue weighted by atomic mass is 32.1. The molecule has 400 valence electrons. The largest absolute Gasteiger partial charge is 0.309 e. The predicted molar refractivity (Wildman–Crippen MR) is 371 cm³/mol. The molecule has 0 radical (unpaired) electrons. The van der Waals surface area contributed by atoms with E-state index in [4.69, 9.17) is 0 Å². The van der Waals surface area contributed by atoms with Crippen LogP contribution >= 0.6 is 22.7 Å². The molecule has 6 aromatic heterocycles. The molecule has 0 bridgehead atoms. The first-order chi connectivity index (χ1) is 42.7. The Morgan fingerprint density at radius 2 is 0.640 bits per heavy atom. The van der Waals surface area contributed by atoms with E-state index in [1.54, 1.807) is 0 Å². The van der Waals surface area contributed by atoms with Gasteiger partial charge in [0, 0.05) is 107 Å². The maximum Gasteiger partial charge on any atom is 0.0719 e. The molecule has 0 N–H and O–H groups in total. The van der Waals surface area contributed by atoms with E-state index < -0.39 is 0 Å². The SMILES string of the molecule is c1ccc(-n2c3ccccc3c3cc(-n4c5ccc6ccccc6c5c5ccc6c7ccccc7sc6c54)ccc32)cc1.c1ccc(-n2c3ccccc3c3cc(-n4c5ccccc5c5c6sc7ccccc7c6c6ccccc6c54)ccc32)cc1. The molecule has 0 unspecified atom stereocenters. The standard InChI is InChI=1S/2C40H24N2S/c1-2-12-25(13-3-1)41-33-19-9-6-14-27(33)32-24-26(22-23-35(32)41)42-34-20-10-7-17-30(34)38-39(42)29-16-5-4-15-28(29)37-31-18-8-11-21-36(31)43-40(37)38;1-2-11-26(12-3-1)41-34-16-8-6-14-29(34)33-24-27(19-23-35(33)41)42-36-22-18-25-10-4-5-13-28(25)38(36)32-21-20-31-30-15-7-9-17-37(30)43-40(31)39(32)42/h2*1-24H. The number of hydrogen-bond donors (Lipinski definition) is 0. The summed E-state index contributed by atoms with van der Waals surface area (Å²) in [5.41, 5.74) is 14.6. The van der Waals surface area contributed by atoms with Crippen LogP contribution in [0.25, 0.3) is 172 Å². The second-order valence-electron chi connectivity index (χ2n) is 22.7. The first kappa shape index (κ1) is 47.7.